The number of hydrogen-bond acceptors (Lipinski definition) is 2. The summed E-state index contributed by atoms with van der Waals surface area (Å²) >= 11 is 0. The zero-order valence-corrected chi connectivity index (χ0v) is 13.3. The van der Waals surface area contributed by atoms with E-state index in [1.807, 2.05) is 41.3 Å². The predicted octanol–water partition coefficient (Wildman–Crippen LogP) is 3.18. The number of nitrogens with one attached hydrogen (secondary N) is 1. The van der Waals surface area contributed by atoms with Crippen LogP contribution in [0.3, 0.4) is 0 Å². The third kappa shape index (κ3) is 3.87. The van der Waals surface area contributed by atoms with Crippen LogP contribution in [0.1, 0.15) is 17.5 Å². The second-order valence-electron chi connectivity index (χ2n) is 5.34. The van der Waals surface area contributed by atoms with Gasteiger partial charge in [0.05, 0.1) is 0 Å². The molecule has 2 aromatic carbocycles. The van der Waals surface area contributed by atoms with Gasteiger partial charge >= 0.3 is 0 Å². The van der Waals surface area contributed by atoms with Gasteiger partial charge < -0.3 is 10.2 Å². The molecule has 3 nitrogen and oxygen atoms in total. The van der Waals surface area contributed by atoms with Crippen LogP contribution in [-0.2, 0) is 17.8 Å². The SMILES string of the molecule is Cl.O=C(CCc1ccccc1)N1CCNCc2ccccc21. The molecule has 1 amide bonds. The van der Waals surface area contributed by atoms with E-state index in [0.717, 1.165) is 31.7 Å². The van der Waals surface area contributed by atoms with Gasteiger partial charge in [-0.2, -0.15) is 0 Å². The van der Waals surface area contributed by atoms with E-state index in [4.69, 9.17) is 0 Å². The minimum atomic E-state index is 0. The van der Waals surface area contributed by atoms with Crippen LogP contribution in [0.2, 0.25) is 0 Å². The minimum Gasteiger partial charge on any atom is -0.311 e. The number of nitrogens with zero attached hydrogens (tertiary/aromatic N) is 1. The van der Waals surface area contributed by atoms with Crippen LogP contribution in [0, 0.1) is 0 Å². The van der Waals surface area contributed by atoms with Crippen molar-refractivity contribution in [3.63, 3.8) is 0 Å². The molecule has 0 aliphatic carbocycles. The summed E-state index contributed by atoms with van der Waals surface area (Å²) in [6, 6.07) is 18.3. The summed E-state index contributed by atoms with van der Waals surface area (Å²) in [7, 11) is 0. The smallest absolute Gasteiger partial charge is 0.227 e. The molecule has 0 fully saturated rings. The molecule has 4 heteroatoms. The van der Waals surface area contributed by atoms with E-state index in [9.17, 15) is 4.79 Å². The average molecular weight is 317 g/mol. The molecule has 1 N–H and O–H groups in total. The number of anilines is 1. The molecule has 0 radical (unpaired) electrons. The van der Waals surface area contributed by atoms with Crippen LogP contribution in [0.15, 0.2) is 54.6 Å². The first-order chi connectivity index (χ1) is 10.3. The lowest BCUT2D eigenvalue weighted by Crippen LogP contribution is -2.34. The molecule has 116 valence electrons. The fraction of sp³-hybridized carbons (Fsp3) is 0.278. The summed E-state index contributed by atoms with van der Waals surface area (Å²) < 4.78 is 0. The molecule has 0 unspecified atom stereocenters. The Balaban J connectivity index is 0.00000176. The van der Waals surface area contributed by atoms with Crippen molar-refractivity contribution in [2.24, 2.45) is 0 Å². The van der Waals surface area contributed by atoms with E-state index >= 15 is 0 Å². The van der Waals surface area contributed by atoms with Gasteiger partial charge in [-0.15, -0.1) is 12.4 Å². The van der Waals surface area contributed by atoms with Crippen LogP contribution < -0.4 is 10.2 Å². The van der Waals surface area contributed by atoms with Crippen molar-refractivity contribution in [1.29, 1.82) is 0 Å². The van der Waals surface area contributed by atoms with E-state index in [1.165, 1.54) is 11.1 Å². The second kappa shape index (κ2) is 7.97. The summed E-state index contributed by atoms with van der Waals surface area (Å²) in [5, 5.41) is 3.37. The van der Waals surface area contributed by atoms with Crippen molar-refractivity contribution in [2.75, 3.05) is 18.0 Å². The largest absolute Gasteiger partial charge is 0.311 e. The van der Waals surface area contributed by atoms with Crippen LogP contribution in [0.25, 0.3) is 0 Å². The Hall–Kier alpha value is -1.84. The van der Waals surface area contributed by atoms with Gasteiger partial charge in [0.1, 0.15) is 0 Å². The summed E-state index contributed by atoms with van der Waals surface area (Å²) in [5.74, 6) is 0.204. The van der Waals surface area contributed by atoms with Gasteiger partial charge in [-0.1, -0.05) is 48.5 Å². The molecular formula is C18H21ClN2O. The number of rotatable bonds is 3. The lowest BCUT2D eigenvalue weighted by molar-refractivity contribution is -0.118. The maximum absolute atomic E-state index is 12.6. The molecular weight excluding hydrogens is 296 g/mol. The Morgan fingerprint density at radius 2 is 1.77 bits per heavy atom. The predicted molar refractivity (Wildman–Crippen MR) is 92.5 cm³/mol. The zero-order chi connectivity index (χ0) is 14.5. The van der Waals surface area contributed by atoms with E-state index in [2.05, 4.69) is 23.5 Å². The molecule has 1 aliphatic heterocycles. The first-order valence-corrected chi connectivity index (χ1v) is 7.47. The molecule has 0 saturated heterocycles. The summed E-state index contributed by atoms with van der Waals surface area (Å²) in [6.45, 7) is 2.41. The highest BCUT2D eigenvalue weighted by Crippen LogP contribution is 2.23. The zero-order valence-electron chi connectivity index (χ0n) is 12.5. The first kappa shape index (κ1) is 16.5. The van der Waals surface area contributed by atoms with Crippen LogP contribution in [0.5, 0.6) is 0 Å². The lowest BCUT2D eigenvalue weighted by Gasteiger charge is -2.22. The standard InChI is InChI=1S/C18H20N2O.ClH/c21-18(11-10-15-6-2-1-3-7-15)20-13-12-19-14-16-8-4-5-9-17(16)20;/h1-9,19H,10-14H2;1H. The Kier molecular flexibility index (Phi) is 5.99. The van der Waals surface area contributed by atoms with Gasteiger partial charge in [0.25, 0.3) is 0 Å². The molecule has 1 heterocycles. The Morgan fingerprint density at radius 1 is 1.05 bits per heavy atom. The number of amides is 1. The van der Waals surface area contributed by atoms with Gasteiger partial charge in [-0.3, -0.25) is 4.79 Å². The topological polar surface area (TPSA) is 32.3 Å². The fourth-order valence-electron chi connectivity index (χ4n) is 2.75. The Labute approximate surface area is 137 Å². The van der Waals surface area contributed by atoms with Gasteiger partial charge in [0, 0.05) is 31.7 Å². The molecule has 0 aromatic heterocycles. The second-order valence-corrected chi connectivity index (χ2v) is 5.34. The van der Waals surface area contributed by atoms with Gasteiger partial charge in [0.2, 0.25) is 5.91 Å². The van der Waals surface area contributed by atoms with Crippen molar-refractivity contribution < 1.29 is 4.79 Å². The third-order valence-electron chi connectivity index (χ3n) is 3.88. The minimum absolute atomic E-state index is 0. The van der Waals surface area contributed by atoms with Crippen LogP contribution in [-0.4, -0.2) is 19.0 Å². The molecule has 0 spiro atoms. The highest BCUT2D eigenvalue weighted by atomic mass is 35.5. The quantitative estimate of drug-likeness (QED) is 0.943. The number of carbonyl (C=O) groups excluding carboxylic acids is 1. The van der Waals surface area contributed by atoms with E-state index in [1.54, 1.807) is 0 Å². The normalized spacial score (nSPS) is 13.7. The van der Waals surface area contributed by atoms with Crippen molar-refractivity contribution in [2.45, 2.75) is 19.4 Å². The summed E-state index contributed by atoms with van der Waals surface area (Å²) in [6.07, 6.45) is 1.35. The van der Waals surface area contributed by atoms with Crippen molar-refractivity contribution >= 4 is 24.0 Å². The lowest BCUT2D eigenvalue weighted by atomic mass is 10.1. The van der Waals surface area contributed by atoms with E-state index in [0.29, 0.717) is 6.42 Å². The highest BCUT2D eigenvalue weighted by molar-refractivity contribution is 5.94. The van der Waals surface area contributed by atoms with Gasteiger partial charge in [-0.25, -0.2) is 0 Å². The van der Waals surface area contributed by atoms with Crippen LogP contribution in [0.4, 0.5) is 5.69 Å². The molecule has 1 aliphatic rings. The molecule has 2 aromatic rings. The van der Waals surface area contributed by atoms with Crippen molar-refractivity contribution in [1.82, 2.24) is 5.32 Å². The van der Waals surface area contributed by atoms with E-state index < -0.39 is 0 Å². The maximum Gasteiger partial charge on any atom is 0.227 e. The van der Waals surface area contributed by atoms with Crippen molar-refractivity contribution in [3.8, 4) is 0 Å². The number of carbonyl (C=O) groups is 1. The van der Waals surface area contributed by atoms with Crippen LogP contribution >= 0.6 is 12.4 Å². The molecule has 0 atom stereocenters. The summed E-state index contributed by atoms with van der Waals surface area (Å²) in [5.41, 5.74) is 3.47. The highest BCUT2D eigenvalue weighted by Gasteiger charge is 2.20. The van der Waals surface area contributed by atoms with Gasteiger partial charge in [0.15, 0.2) is 0 Å². The van der Waals surface area contributed by atoms with E-state index in [-0.39, 0.29) is 18.3 Å². The number of para-hydroxylation sites is 1. The maximum atomic E-state index is 12.6. The van der Waals surface area contributed by atoms with Gasteiger partial charge in [-0.05, 0) is 23.6 Å². The first-order valence-electron chi connectivity index (χ1n) is 7.47. The average Bonchev–Trinajstić information content (AvgIpc) is 2.76. The monoisotopic (exact) mass is 316 g/mol. The molecule has 0 bridgehead atoms. The molecule has 22 heavy (non-hydrogen) atoms. The van der Waals surface area contributed by atoms with Crippen molar-refractivity contribution in [3.05, 3.63) is 65.7 Å². The third-order valence-corrected chi connectivity index (χ3v) is 3.88. The Bertz CT molecular complexity index is 615. The Morgan fingerprint density at radius 3 is 2.59 bits per heavy atom. The fourth-order valence-corrected chi connectivity index (χ4v) is 2.75. The molecule has 0 saturated carbocycles. The number of halogens is 1. The number of benzene rings is 2. The molecule has 3 rings (SSSR count). The number of aryl methyl sites for hydroxylation is 1. The summed E-state index contributed by atoms with van der Waals surface area (Å²) in [4.78, 5) is 14.5. The number of hydrogen-bond donors (Lipinski definition) is 1. The number of fused-ring (bicyclic) bond motifs is 1.